The molecule has 3 amide bonds. The predicted octanol–water partition coefficient (Wildman–Crippen LogP) is 2.42. The summed E-state index contributed by atoms with van der Waals surface area (Å²) < 4.78 is 0. The molecular weight excluding hydrogens is 330 g/mol. The fraction of sp³-hybridized carbons (Fsp3) is 0.375. The fourth-order valence-corrected chi connectivity index (χ4v) is 2.87. The Labute approximate surface area is 144 Å². The second-order valence-corrected chi connectivity index (χ2v) is 6.28. The van der Waals surface area contributed by atoms with Gasteiger partial charge in [-0.15, -0.1) is 0 Å². The summed E-state index contributed by atoms with van der Waals surface area (Å²) in [7, 11) is 0. The maximum Gasteiger partial charge on any atom is 0.324 e. The molecule has 2 heterocycles. The molecule has 126 valence electrons. The van der Waals surface area contributed by atoms with Gasteiger partial charge in [-0.3, -0.25) is 10.1 Å². The molecule has 7 nitrogen and oxygen atoms in total. The molecule has 0 aliphatic carbocycles. The van der Waals surface area contributed by atoms with E-state index in [1.807, 2.05) is 12.1 Å². The zero-order valence-electron chi connectivity index (χ0n) is 13.3. The molecule has 1 atom stereocenters. The Hall–Kier alpha value is -2.41. The molecule has 24 heavy (non-hydrogen) atoms. The maximum absolute atomic E-state index is 11.5. The van der Waals surface area contributed by atoms with E-state index in [1.54, 1.807) is 6.07 Å². The second-order valence-electron chi connectivity index (χ2n) is 5.85. The molecule has 2 aromatic rings. The third kappa shape index (κ3) is 3.73. The molecule has 0 saturated carbocycles. The molecule has 1 aromatic carbocycles. The topological polar surface area (TPSA) is 87.2 Å². The molecule has 2 N–H and O–H groups in total. The summed E-state index contributed by atoms with van der Waals surface area (Å²) in [5.41, 5.74) is 0.791. The van der Waals surface area contributed by atoms with Gasteiger partial charge < -0.3 is 10.2 Å². The maximum atomic E-state index is 11.5. The molecule has 1 aliphatic rings. The van der Waals surface area contributed by atoms with E-state index < -0.39 is 0 Å². The van der Waals surface area contributed by atoms with Crippen LogP contribution in [0.3, 0.4) is 0 Å². The average molecular weight is 348 g/mol. The van der Waals surface area contributed by atoms with E-state index in [1.165, 1.54) is 11.2 Å². The highest BCUT2D eigenvalue weighted by Gasteiger charge is 2.25. The van der Waals surface area contributed by atoms with E-state index in [0.717, 1.165) is 29.6 Å². The van der Waals surface area contributed by atoms with Gasteiger partial charge in [0.15, 0.2) is 0 Å². The van der Waals surface area contributed by atoms with Gasteiger partial charge in [0, 0.05) is 23.0 Å². The second kappa shape index (κ2) is 7.00. The lowest BCUT2D eigenvalue weighted by atomic mass is 10.1. The number of hydrogen-bond donors (Lipinski definition) is 2. The van der Waals surface area contributed by atoms with Crippen molar-refractivity contribution >= 4 is 40.3 Å². The van der Waals surface area contributed by atoms with Crippen LogP contribution in [0.5, 0.6) is 0 Å². The van der Waals surface area contributed by atoms with Gasteiger partial charge in [-0.2, -0.15) is 0 Å². The number of benzene rings is 1. The quantitative estimate of drug-likeness (QED) is 0.783. The number of nitrogens with zero attached hydrogens (tertiary/aromatic N) is 3. The molecule has 0 radical (unpaired) electrons. The van der Waals surface area contributed by atoms with Crippen molar-refractivity contribution in [1.82, 2.24) is 20.2 Å². The van der Waals surface area contributed by atoms with Crippen LogP contribution in [-0.4, -0.2) is 45.9 Å². The van der Waals surface area contributed by atoms with Crippen molar-refractivity contribution in [2.45, 2.75) is 25.8 Å². The number of nitrogens with one attached hydrogen (secondary N) is 2. The minimum absolute atomic E-state index is 0.151. The van der Waals surface area contributed by atoms with Gasteiger partial charge >= 0.3 is 6.03 Å². The first-order chi connectivity index (χ1) is 11.5. The predicted molar refractivity (Wildman–Crippen MR) is 92.0 cm³/mol. The monoisotopic (exact) mass is 347 g/mol. The van der Waals surface area contributed by atoms with Crippen LogP contribution in [0.15, 0.2) is 24.5 Å². The number of halogens is 1. The first-order valence-corrected chi connectivity index (χ1v) is 8.16. The molecule has 1 aliphatic heterocycles. The number of hydrogen-bond acceptors (Lipinski definition) is 5. The van der Waals surface area contributed by atoms with Gasteiger partial charge in [0.1, 0.15) is 18.7 Å². The zero-order chi connectivity index (χ0) is 17.1. The van der Waals surface area contributed by atoms with Crippen molar-refractivity contribution in [3.8, 4) is 0 Å². The van der Waals surface area contributed by atoms with E-state index in [2.05, 4.69) is 27.5 Å². The van der Waals surface area contributed by atoms with Gasteiger partial charge in [0.2, 0.25) is 5.91 Å². The molecule has 1 unspecified atom stereocenters. The number of aromatic nitrogens is 2. The van der Waals surface area contributed by atoms with Crippen molar-refractivity contribution in [1.29, 1.82) is 0 Å². The molecule has 1 aromatic heterocycles. The minimum Gasteiger partial charge on any atom is -0.367 e. The van der Waals surface area contributed by atoms with Crippen molar-refractivity contribution < 1.29 is 9.59 Å². The first-order valence-electron chi connectivity index (χ1n) is 7.78. The van der Waals surface area contributed by atoms with Gasteiger partial charge in [-0.25, -0.2) is 14.8 Å². The number of carbonyl (C=O) groups is 2. The van der Waals surface area contributed by atoms with Crippen LogP contribution in [-0.2, 0) is 4.79 Å². The van der Waals surface area contributed by atoms with Crippen molar-refractivity contribution in [3.05, 3.63) is 29.5 Å². The van der Waals surface area contributed by atoms with E-state index in [0.29, 0.717) is 11.6 Å². The van der Waals surface area contributed by atoms with Crippen LogP contribution in [0, 0.1) is 0 Å². The lowest BCUT2D eigenvalue weighted by Gasteiger charge is -2.18. The number of anilines is 1. The van der Waals surface area contributed by atoms with E-state index >= 15 is 0 Å². The summed E-state index contributed by atoms with van der Waals surface area (Å²) in [5, 5.41) is 7.20. The van der Waals surface area contributed by atoms with E-state index in [-0.39, 0.29) is 24.5 Å². The summed E-state index contributed by atoms with van der Waals surface area (Å²) in [5.74, 6) is 0.524. The molecule has 0 bridgehead atoms. The summed E-state index contributed by atoms with van der Waals surface area (Å²) in [6.45, 7) is 2.76. The number of amides is 3. The molecule has 1 fully saturated rings. The van der Waals surface area contributed by atoms with Gasteiger partial charge in [-0.05, 0) is 38.0 Å². The number of rotatable bonds is 6. The number of fused-ring (bicyclic) bond motifs is 1. The first kappa shape index (κ1) is 16.4. The van der Waals surface area contributed by atoms with Crippen molar-refractivity contribution in [2.24, 2.45) is 0 Å². The standard InChI is InChI=1S/C16H18ClN5O2/c1-10(3-2-6-22-8-14(23)21-16(22)24)20-15-12-5-4-11(17)7-13(12)18-9-19-15/h4-5,7,9-10H,2-3,6,8H2,1H3,(H,18,19,20)(H,21,23,24). The number of imide groups is 1. The summed E-state index contributed by atoms with van der Waals surface area (Å²) in [6.07, 6.45) is 3.15. The van der Waals surface area contributed by atoms with Crippen LogP contribution in [0.25, 0.3) is 10.9 Å². The van der Waals surface area contributed by atoms with Crippen LogP contribution in [0.4, 0.5) is 10.6 Å². The van der Waals surface area contributed by atoms with Gasteiger partial charge in [-0.1, -0.05) is 11.6 Å². The Kier molecular flexibility index (Phi) is 4.80. The van der Waals surface area contributed by atoms with Crippen LogP contribution in [0.1, 0.15) is 19.8 Å². The lowest BCUT2D eigenvalue weighted by molar-refractivity contribution is -0.118. The lowest BCUT2D eigenvalue weighted by Crippen LogP contribution is -2.30. The third-order valence-corrected chi connectivity index (χ3v) is 4.15. The normalized spacial score (nSPS) is 15.7. The Morgan fingerprint density at radius 3 is 2.96 bits per heavy atom. The fourth-order valence-electron chi connectivity index (χ4n) is 2.70. The smallest absolute Gasteiger partial charge is 0.324 e. The summed E-state index contributed by atoms with van der Waals surface area (Å²) in [4.78, 5) is 32.7. The largest absolute Gasteiger partial charge is 0.367 e. The summed E-state index contributed by atoms with van der Waals surface area (Å²) >= 11 is 5.99. The Morgan fingerprint density at radius 1 is 1.38 bits per heavy atom. The van der Waals surface area contributed by atoms with E-state index in [9.17, 15) is 9.59 Å². The zero-order valence-corrected chi connectivity index (χ0v) is 14.0. The average Bonchev–Trinajstić information content (AvgIpc) is 2.85. The highest BCUT2D eigenvalue weighted by atomic mass is 35.5. The Bertz CT molecular complexity index is 782. The third-order valence-electron chi connectivity index (χ3n) is 3.91. The molecule has 0 spiro atoms. The van der Waals surface area contributed by atoms with Gasteiger partial charge in [0.05, 0.1) is 5.52 Å². The number of urea groups is 1. The minimum atomic E-state index is -0.306. The van der Waals surface area contributed by atoms with Crippen LogP contribution >= 0.6 is 11.6 Å². The molecular formula is C16H18ClN5O2. The van der Waals surface area contributed by atoms with E-state index in [4.69, 9.17) is 11.6 Å². The van der Waals surface area contributed by atoms with Crippen LogP contribution in [0.2, 0.25) is 5.02 Å². The number of carbonyl (C=O) groups excluding carboxylic acids is 2. The SMILES string of the molecule is CC(CCCN1CC(=O)NC1=O)Nc1ncnc2cc(Cl)ccc12. The van der Waals surface area contributed by atoms with Crippen molar-refractivity contribution in [3.63, 3.8) is 0 Å². The molecule has 3 rings (SSSR count). The van der Waals surface area contributed by atoms with Crippen molar-refractivity contribution in [2.75, 3.05) is 18.4 Å². The highest BCUT2D eigenvalue weighted by molar-refractivity contribution is 6.31. The van der Waals surface area contributed by atoms with Crippen LogP contribution < -0.4 is 10.6 Å². The molecule has 1 saturated heterocycles. The molecule has 8 heteroatoms. The summed E-state index contributed by atoms with van der Waals surface area (Å²) in [6, 6.07) is 5.37. The Balaban J connectivity index is 1.56. The Morgan fingerprint density at radius 2 is 2.21 bits per heavy atom. The van der Waals surface area contributed by atoms with Gasteiger partial charge in [0.25, 0.3) is 0 Å². The highest BCUT2D eigenvalue weighted by Crippen LogP contribution is 2.23.